The van der Waals surface area contributed by atoms with E-state index < -0.39 is 0 Å². The highest BCUT2D eigenvalue weighted by Gasteiger charge is 2.40. The van der Waals surface area contributed by atoms with E-state index in [0.717, 1.165) is 18.8 Å². The van der Waals surface area contributed by atoms with Crippen LogP contribution >= 0.6 is 0 Å². The zero-order chi connectivity index (χ0) is 12.6. The fourth-order valence-electron chi connectivity index (χ4n) is 3.10. The average Bonchev–Trinajstić information content (AvgIpc) is 3.15. The summed E-state index contributed by atoms with van der Waals surface area (Å²) in [6.07, 6.45) is 6.25. The van der Waals surface area contributed by atoms with Gasteiger partial charge in [-0.1, -0.05) is 24.3 Å². The topological polar surface area (TPSA) is 29.3 Å². The standard InChI is InChI=1S/C16H24N2/c1-18-10-3-5-13(7-11-18)14-4-2-6-15(12-14)16(17)8-9-16/h2,4,6,12-13H,3,5,7-11,17H2,1H3. The van der Waals surface area contributed by atoms with Crippen LogP contribution in [0.1, 0.15) is 49.1 Å². The quantitative estimate of drug-likeness (QED) is 0.867. The molecule has 1 aliphatic carbocycles. The van der Waals surface area contributed by atoms with Gasteiger partial charge in [0, 0.05) is 5.54 Å². The first-order valence-corrected chi connectivity index (χ1v) is 7.25. The molecule has 1 heterocycles. The van der Waals surface area contributed by atoms with E-state index in [2.05, 4.69) is 36.2 Å². The van der Waals surface area contributed by atoms with Gasteiger partial charge in [0.1, 0.15) is 0 Å². The molecule has 1 saturated carbocycles. The number of hydrogen-bond donors (Lipinski definition) is 1. The maximum Gasteiger partial charge on any atom is 0.0411 e. The SMILES string of the molecule is CN1CCCC(c2cccc(C3(N)CC3)c2)CC1. The predicted molar refractivity (Wildman–Crippen MR) is 75.6 cm³/mol. The van der Waals surface area contributed by atoms with Crippen molar-refractivity contribution in [2.45, 2.75) is 43.6 Å². The number of benzene rings is 1. The van der Waals surface area contributed by atoms with Crippen LogP contribution in [0.15, 0.2) is 24.3 Å². The molecule has 1 aromatic rings. The number of hydrogen-bond acceptors (Lipinski definition) is 2. The number of rotatable bonds is 2. The largest absolute Gasteiger partial charge is 0.321 e. The van der Waals surface area contributed by atoms with Crippen LogP contribution in [0, 0.1) is 0 Å². The van der Waals surface area contributed by atoms with E-state index in [1.54, 1.807) is 0 Å². The highest BCUT2D eigenvalue weighted by Crippen LogP contribution is 2.43. The first-order chi connectivity index (χ1) is 8.67. The molecular formula is C16H24N2. The summed E-state index contributed by atoms with van der Waals surface area (Å²) in [5, 5.41) is 0. The maximum absolute atomic E-state index is 6.31. The Morgan fingerprint density at radius 3 is 2.83 bits per heavy atom. The molecular weight excluding hydrogens is 220 g/mol. The lowest BCUT2D eigenvalue weighted by Gasteiger charge is -2.18. The van der Waals surface area contributed by atoms with Gasteiger partial charge in [0.05, 0.1) is 0 Å². The van der Waals surface area contributed by atoms with Gasteiger partial charge in [-0.2, -0.15) is 0 Å². The van der Waals surface area contributed by atoms with Gasteiger partial charge in [-0.15, -0.1) is 0 Å². The second-order valence-corrected chi connectivity index (χ2v) is 6.21. The normalized spacial score (nSPS) is 27.8. The van der Waals surface area contributed by atoms with Crippen LogP contribution < -0.4 is 5.73 Å². The Labute approximate surface area is 110 Å². The van der Waals surface area contributed by atoms with Crippen LogP contribution in [0.2, 0.25) is 0 Å². The predicted octanol–water partition coefficient (Wildman–Crippen LogP) is 2.83. The second-order valence-electron chi connectivity index (χ2n) is 6.21. The van der Waals surface area contributed by atoms with Crippen LogP contribution in [0.4, 0.5) is 0 Å². The third-order valence-corrected chi connectivity index (χ3v) is 4.67. The number of nitrogens with zero attached hydrogens (tertiary/aromatic N) is 1. The lowest BCUT2D eigenvalue weighted by atomic mass is 9.89. The summed E-state index contributed by atoms with van der Waals surface area (Å²) in [6, 6.07) is 9.08. The second kappa shape index (κ2) is 4.67. The summed E-state index contributed by atoms with van der Waals surface area (Å²) >= 11 is 0. The van der Waals surface area contributed by atoms with E-state index in [1.165, 1.54) is 43.5 Å². The fraction of sp³-hybridized carbons (Fsp3) is 0.625. The van der Waals surface area contributed by atoms with Gasteiger partial charge in [0.25, 0.3) is 0 Å². The summed E-state index contributed by atoms with van der Waals surface area (Å²) in [4.78, 5) is 2.45. The Morgan fingerprint density at radius 2 is 2.06 bits per heavy atom. The first kappa shape index (κ1) is 12.2. The fourth-order valence-corrected chi connectivity index (χ4v) is 3.10. The van der Waals surface area contributed by atoms with Crippen molar-refractivity contribution in [1.82, 2.24) is 4.90 Å². The van der Waals surface area contributed by atoms with E-state index in [1.807, 2.05) is 0 Å². The molecule has 2 heteroatoms. The van der Waals surface area contributed by atoms with E-state index >= 15 is 0 Å². The molecule has 1 unspecified atom stereocenters. The number of nitrogens with two attached hydrogens (primary N) is 1. The van der Waals surface area contributed by atoms with Gasteiger partial charge in [-0.3, -0.25) is 0 Å². The molecule has 98 valence electrons. The van der Waals surface area contributed by atoms with Crippen molar-refractivity contribution in [1.29, 1.82) is 0 Å². The lowest BCUT2D eigenvalue weighted by molar-refractivity contribution is 0.347. The molecule has 1 aliphatic heterocycles. The Kier molecular flexibility index (Phi) is 3.16. The van der Waals surface area contributed by atoms with Gasteiger partial charge < -0.3 is 10.6 Å². The van der Waals surface area contributed by atoms with Crippen molar-refractivity contribution in [3.05, 3.63) is 35.4 Å². The van der Waals surface area contributed by atoms with Crippen molar-refractivity contribution in [3.63, 3.8) is 0 Å². The van der Waals surface area contributed by atoms with Crippen molar-refractivity contribution >= 4 is 0 Å². The van der Waals surface area contributed by atoms with Crippen LogP contribution in [-0.2, 0) is 5.54 Å². The van der Waals surface area contributed by atoms with Crippen molar-refractivity contribution < 1.29 is 0 Å². The lowest BCUT2D eigenvalue weighted by Crippen LogP contribution is -2.19. The zero-order valence-electron chi connectivity index (χ0n) is 11.4. The van der Waals surface area contributed by atoms with E-state index in [9.17, 15) is 0 Å². The monoisotopic (exact) mass is 244 g/mol. The minimum absolute atomic E-state index is 0.0114. The molecule has 0 amide bonds. The van der Waals surface area contributed by atoms with Crippen LogP contribution in [-0.4, -0.2) is 25.0 Å². The molecule has 0 radical (unpaired) electrons. The van der Waals surface area contributed by atoms with Crippen molar-refractivity contribution in [2.75, 3.05) is 20.1 Å². The molecule has 1 atom stereocenters. The molecule has 2 N–H and O–H groups in total. The molecule has 18 heavy (non-hydrogen) atoms. The first-order valence-electron chi connectivity index (χ1n) is 7.25. The maximum atomic E-state index is 6.31. The molecule has 2 nitrogen and oxygen atoms in total. The van der Waals surface area contributed by atoms with Crippen LogP contribution in [0.3, 0.4) is 0 Å². The Hall–Kier alpha value is -0.860. The summed E-state index contributed by atoms with van der Waals surface area (Å²) in [5.41, 5.74) is 9.19. The highest BCUT2D eigenvalue weighted by molar-refractivity contribution is 5.34. The highest BCUT2D eigenvalue weighted by atomic mass is 15.1. The molecule has 3 rings (SSSR count). The molecule has 0 bridgehead atoms. The molecule has 2 aliphatic rings. The van der Waals surface area contributed by atoms with Crippen molar-refractivity contribution in [3.8, 4) is 0 Å². The average molecular weight is 244 g/mol. The molecule has 0 aromatic heterocycles. The minimum atomic E-state index is 0.0114. The zero-order valence-corrected chi connectivity index (χ0v) is 11.4. The third-order valence-electron chi connectivity index (χ3n) is 4.67. The van der Waals surface area contributed by atoms with E-state index in [0.29, 0.717) is 0 Å². The summed E-state index contributed by atoms with van der Waals surface area (Å²) in [6.45, 7) is 2.47. The summed E-state index contributed by atoms with van der Waals surface area (Å²) in [5.74, 6) is 0.734. The van der Waals surface area contributed by atoms with Gasteiger partial charge in [0.2, 0.25) is 0 Å². The van der Waals surface area contributed by atoms with E-state index in [-0.39, 0.29) is 5.54 Å². The van der Waals surface area contributed by atoms with Gasteiger partial charge in [-0.25, -0.2) is 0 Å². The van der Waals surface area contributed by atoms with Crippen LogP contribution in [0.25, 0.3) is 0 Å². The molecule has 1 saturated heterocycles. The van der Waals surface area contributed by atoms with E-state index in [4.69, 9.17) is 5.73 Å². The molecule has 0 spiro atoms. The smallest absolute Gasteiger partial charge is 0.0411 e. The number of likely N-dealkylation sites (tertiary alicyclic amines) is 1. The minimum Gasteiger partial charge on any atom is -0.321 e. The van der Waals surface area contributed by atoms with Gasteiger partial charge in [0.15, 0.2) is 0 Å². The Bertz CT molecular complexity index is 423. The molecule has 1 aromatic carbocycles. The Morgan fingerprint density at radius 1 is 1.22 bits per heavy atom. The Balaban J connectivity index is 1.79. The van der Waals surface area contributed by atoms with Gasteiger partial charge >= 0.3 is 0 Å². The van der Waals surface area contributed by atoms with Crippen LogP contribution in [0.5, 0.6) is 0 Å². The molecule has 2 fully saturated rings. The van der Waals surface area contributed by atoms with Crippen molar-refractivity contribution in [2.24, 2.45) is 5.73 Å². The van der Waals surface area contributed by atoms with Gasteiger partial charge in [-0.05, 0) is 69.3 Å². The summed E-state index contributed by atoms with van der Waals surface area (Å²) in [7, 11) is 2.23. The summed E-state index contributed by atoms with van der Waals surface area (Å²) < 4.78 is 0. The third kappa shape index (κ3) is 2.45.